The van der Waals surface area contributed by atoms with Crippen molar-refractivity contribution in [1.29, 1.82) is 0 Å². The predicted molar refractivity (Wildman–Crippen MR) is 83.3 cm³/mol. The van der Waals surface area contributed by atoms with Gasteiger partial charge in [0.1, 0.15) is 5.75 Å². The third-order valence-electron chi connectivity index (χ3n) is 3.92. The summed E-state index contributed by atoms with van der Waals surface area (Å²) in [7, 11) is 3.32. The standard InChI is InChI=1S/C15H21ClN2O4/c1-17(9-15(20)21)12-7-18(8-13(12)19)6-10-5-11(16)3-4-14(10)22-2/h3-5,12-13,19H,6-9H2,1-2H3,(H,20,21)/t12?,13-/m1/s1. The van der Waals surface area contributed by atoms with Gasteiger partial charge in [-0.05, 0) is 25.2 Å². The SMILES string of the molecule is COc1ccc(Cl)cc1CN1CC(N(C)CC(=O)O)[C@H](O)C1. The van der Waals surface area contributed by atoms with E-state index in [1.54, 1.807) is 25.1 Å². The molecule has 0 aliphatic carbocycles. The Bertz CT molecular complexity index is 540. The van der Waals surface area contributed by atoms with Crippen LogP contribution in [0.25, 0.3) is 0 Å². The van der Waals surface area contributed by atoms with Crippen LogP contribution in [0.1, 0.15) is 5.56 Å². The summed E-state index contributed by atoms with van der Waals surface area (Å²) in [6.45, 7) is 1.60. The van der Waals surface area contributed by atoms with E-state index in [0.29, 0.717) is 24.7 Å². The number of nitrogens with zero attached hydrogens (tertiary/aromatic N) is 2. The smallest absolute Gasteiger partial charge is 0.317 e. The number of ether oxygens (including phenoxy) is 1. The maximum absolute atomic E-state index is 10.8. The highest BCUT2D eigenvalue weighted by Gasteiger charge is 2.34. The molecule has 1 aromatic rings. The average Bonchev–Trinajstić information content (AvgIpc) is 2.79. The van der Waals surface area contributed by atoms with Gasteiger partial charge in [-0.3, -0.25) is 14.6 Å². The number of likely N-dealkylation sites (tertiary alicyclic amines) is 1. The zero-order valence-corrected chi connectivity index (χ0v) is 13.5. The zero-order chi connectivity index (χ0) is 16.3. The highest BCUT2D eigenvalue weighted by atomic mass is 35.5. The van der Waals surface area contributed by atoms with Crippen LogP contribution in [0.5, 0.6) is 5.75 Å². The summed E-state index contributed by atoms with van der Waals surface area (Å²) in [5.74, 6) is -0.147. The number of rotatable bonds is 6. The number of aliphatic hydroxyl groups is 1. The van der Waals surface area contributed by atoms with Crippen molar-refractivity contribution < 1.29 is 19.7 Å². The van der Waals surface area contributed by atoms with Crippen molar-refractivity contribution in [2.75, 3.05) is 33.8 Å². The number of β-amino-alcohol motifs (C(OH)–C–C–N with tert-alkyl or cyclic N) is 1. The molecule has 1 heterocycles. The van der Waals surface area contributed by atoms with Gasteiger partial charge in [-0.15, -0.1) is 0 Å². The molecule has 0 aromatic heterocycles. The van der Waals surface area contributed by atoms with E-state index in [4.69, 9.17) is 21.4 Å². The monoisotopic (exact) mass is 328 g/mol. The molecule has 2 rings (SSSR count). The first-order valence-corrected chi connectivity index (χ1v) is 7.43. The van der Waals surface area contributed by atoms with Gasteiger partial charge in [0.15, 0.2) is 0 Å². The maximum Gasteiger partial charge on any atom is 0.317 e. The van der Waals surface area contributed by atoms with Gasteiger partial charge in [0, 0.05) is 36.3 Å². The second kappa shape index (κ2) is 7.28. The number of hydrogen-bond donors (Lipinski definition) is 2. The second-order valence-corrected chi connectivity index (χ2v) is 6.03. The highest BCUT2D eigenvalue weighted by molar-refractivity contribution is 6.30. The molecule has 7 heteroatoms. The Hall–Kier alpha value is -1.34. The first kappa shape index (κ1) is 17.0. The van der Waals surface area contributed by atoms with Crippen molar-refractivity contribution >= 4 is 17.6 Å². The molecular formula is C15H21ClN2O4. The molecule has 1 aliphatic rings. The molecule has 0 bridgehead atoms. The molecule has 0 spiro atoms. The fourth-order valence-corrected chi connectivity index (χ4v) is 3.05. The predicted octanol–water partition coefficient (Wildman–Crippen LogP) is 0.910. The second-order valence-electron chi connectivity index (χ2n) is 5.59. The normalized spacial score (nSPS) is 22.2. The maximum atomic E-state index is 10.8. The molecule has 22 heavy (non-hydrogen) atoms. The first-order valence-electron chi connectivity index (χ1n) is 7.05. The van der Waals surface area contributed by atoms with Crippen LogP contribution >= 0.6 is 11.6 Å². The number of methoxy groups -OCH3 is 1. The Balaban J connectivity index is 2.03. The molecular weight excluding hydrogens is 308 g/mol. The molecule has 2 N–H and O–H groups in total. The summed E-state index contributed by atoms with van der Waals surface area (Å²) in [4.78, 5) is 14.5. The van der Waals surface area contributed by atoms with Crippen molar-refractivity contribution in [2.45, 2.75) is 18.7 Å². The topological polar surface area (TPSA) is 73.2 Å². The first-order chi connectivity index (χ1) is 10.4. The van der Waals surface area contributed by atoms with Crippen molar-refractivity contribution in [3.05, 3.63) is 28.8 Å². The van der Waals surface area contributed by atoms with Crippen LogP contribution in [0, 0.1) is 0 Å². The van der Waals surface area contributed by atoms with E-state index in [-0.39, 0.29) is 12.6 Å². The van der Waals surface area contributed by atoms with Gasteiger partial charge in [-0.1, -0.05) is 11.6 Å². The van der Waals surface area contributed by atoms with Crippen LogP contribution in [-0.4, -0.2) is 71.9 Å². The summed E-state index contributed by atoms with van der Waals surface area (Å²) < 4.78 is 5.33. The number of hydrogen-bond acceptors (Lipinski definition) is 5. The zero-order valence-electron chi connectivity index (χ0n) is 12.7. The van der Waals surface area contributed by atoms with Crippen LogP contribution in [0.15, 0.2) is 18.2 Å². The summed E-state index contributed by atoms with van der Waals surface area (Å²) >= 11 is 6.03. The Labute approximate surface area is 134 Å². The Morgan fingerprint density at radius 2 is 2.23 bits per heavy atom. The quantitative estimate of drug-likeness (QED) is 0.808. The number of carboxylic acid groups (broad SMARTS) is 1. The molecule has 0 saturated carbocycles. The minimum Gasteiger partial charge on any atom is -0.496 e. The van der Waals surface area contributed by atoms with Gasteiger partial charge in [0.25, 0.3) is 0 Å². The molecule has 1 aliphatic heterocycles. The Morgan fingerprint density at radius 3 is 2.86 bits per heavy atom. The Kier molecular flexibility index (Phi) is 5.63. The van der Waals surface area contributed by atoms with Crippen LogP contribution < -0.4 is 4.74 Å². The van der Waals surface area contributed by atoms with Crippen molar-refractivity contribution in [1.82, 2.24) is 9.80 Å². The van der Waals surface area contributed by atoms with E-state index in [9.17, 15) is 9.90 Å². The van der Waals surface area contributed by atoms with Crippen LogP contribution in [0.2, 0.25) is 5.02 Å². The van der Waals surface area contributed by atoms with Gasteiger partial charge < -0.3 is 14.9 Å². The van der Waals surface area contributed by atoms with E-state index in [1.807, 2.05) is 12.1 Å². The molecule has 1 saturated heterocycles. The van der Waals surface area contributed by atoms with Crippen molar-refractivity contribution in [2.24, 2.45) is 0 Å². The van der Waals surface area contributed by atoms with Gasteiger partial charge in [-0.25, -0.2) is 0 Å². The minimum absolute atomic E-state index is 0.0872. The summed E-state index contributed by atoms with van der Waals surface area (Å²) in [6, 6.07) is 5.24. The number of halogens is 1. The van der Waals surface area contributed by atoms with E-state index in [0.717, 1.165) is 11.3 Å². The van der Waals surface area contributed by atoms with Gasteiger partial charge in [-0.2, -0.15) is 0 Å². The van der Waals surface area contributed by atoms with Crippen LogP contribution in [0.4, 0.5) is 0 Å². The molecule has 6 nitrogen and oxygen atoms in total. The van der Waals surface area contributed by atoms with Crippen molar-refractivity contribution in [3.8, 4) is 5.75 Å². The summed E-state index contributed by atoms with van der Waals surface area (Å²) in [6.07, 6.45) is -0.575. The van der Waals surface area contributed by atoms with E-state index in [2.05, 4.69) is 4.90 Å². The van der Waals surface area contributed by atoms with Gasteiger partial charge in [0.05, 0.1) is 19.8 Å². The molecule has 122 valence electrons. The number of carboxylic acids is 1. The number of aliphatic hydroxyl groups excluding tert-OH is 1. The summed E-state index contributed by atoms with van der Waals surface area (Å²) in [5, 5.41) is 19.7. The average molecular weight is 329 g/mol. The fourth-order valence-electron chi connectivity index (χ4n) is 2.85. The largest absolute Gasteiger partial charge is 0.496 e. The Morgan fingerprint density at radius 1 is 1.50 bits per heavy atom. The minimum atomic E-state index is -0.898. The lowest BCUT2D eigenvalue weighted by molar-refractivity contribution is -0.138. The number of likely N-dealkylation sites (N-methyl/N-ethyl adjacent to an activating group) is 1. The lowest BCUT2D eigenvalue weighted by atomic mass is 10.2. The third-order valence-corrected chi connectivity index (χ3v) is 4.16. The fraction of sp³-hybridized carbons (Fsp3) is 0.533. The molecule has 1 aromatic carbocycles. The van der Waals surface area contributed by atoms with E-state index >= 15 is 0 Å². The molecule has 0 radical (unpaired) electrons. The molecule has 0 amide bonds. The highest BCUT2D eigenvalue weighted by Crippen LogP contribution is 2.26. The lowest BCUT2D eigenvalue weighted by Crippen LogP contribution is -2.43. The summed E-state index contributed by atoms with van der Waals surface area (Å²) in [5.41, 5.74) is 0.948. The molecule has 2 atom stereocenters. The van der Waals surface area contributed by atoms with Gasteiger partial charge >= 0.3 is 5.97 Å². The van der Waals surface area contributed by atoms with E-state index in [1.165, 1.54) is 0 Å². The molecule has 1 fully saturated rings. The van der Waals surface area contributed by atoms with Gasteiger partial charge in [0.2, 0.25) is 0 Å². The van der Waals surface area contributed by atoms with Crippen LogP contribution in [-0.2, 0) is 11.3 Å². The number of benzene rings is 1. The number of carbonyl (C=O) groups is 1. The van der Waals surface area contributed by atoms with E-state index < -0.39 is 12.1 Å². The number of aliphatic carboxylic acids is 1. The van der Waals surface area contributed by atoms with Crippen LogP contribution in [0.3, 0.4) is 0 Å². The third kappa shape index (κ3) is 4.10. The lowest BCUT2D eigenvalue weighted by Gasteiger charge is -2.24. The molecule has 1 unspecified atom stereocenters. The van der Waals surface area contributed by atoms with Crippen molar-refractivity contribution in [3.63, 3.8) is 0 Å².